The number of hydrogen-bond donors (Lipinski definition) is 1. The molecule has 2 aromatic rings. The summed E-state index contributed by atoms with van der Waals surface area (Å²) in [6, 6.07) is 13.5. The summed E-state index contributed by atoms with van der Waals surface area (Å²) in [4.78, 5) is 39.8. The quantitative estimate of drug-likeness (QED) is 0.559. The SMILES string of the molecule is COC(=O)COc1cccc(C=C2SC(=Nc3ccc(C(=O)OC)cc3)NC2=O)c1. The minimum atomic E-state index is -0.482. The smallest absolute Gasteiger partial charge is 0.343 e. The molecule has 0 aromatic heterocycles. The Morgan fingerprint density at radius 3 is 2.57 bits per heavy atom. The summed E-state index contributed by atoms with van der Waals surface area (Å²) in [6.45, 7) is -0.197. The van der Waals surface area contributed by atoms with Crippen molar-refractivity contribution in [2.24, 2.45) is 4.99 Å². The molecular weight excluding hydrogens is 408 g/mol. The van der Waals surface area contributed by atoms with Crippen molar-refractivity contribution >= 4 is 46.5 Å². The molecule has 8 nitrogen and oxygen atoms in total. The van der Waals surface area contributed by atoms with Gasteiger partial charge in [-0.15, -0.1) is 0 Å². The number of thioether (sulfide) groups is 1. The van der Waals surface area contributed by atoms with E-state index in [9.17, 15) is 14.4 Å². The Kier molecular flexibility index (Phi) is 6.87. The predicted octanol–water partition coefficient (Wildman–Crippen LogP) is 2.92. The number of amidine groups is 1. The number of nitrogens with one attached hydrogen (secondary N) is 1. The lowest BCUT2D eigenvalue weighted by molar-refractivity contribution is -0.142. The van der Waals surface area contributed by atoms with Crippen LogP contribution in [0, 0.1) is 0 Å². The molecular formula is C21H18N2O6S. The number of carbonyl (C=O) groups is 3. The van der Waals surface area contributed by atoms with Gasteiger partial charge in [-0.1, -0.05) is 12.1 Å². The number of amides is 1. The van der Waals surface area contributed by atoms with Gasteiger partial charge >= 0.3 is 11.9 Å². The summed E-state index contributed by atoms with van der Waals surface area (Å²) in [5, 5.41) is 3.13. The minimum absolute atomic E-state index is 0.197. The van der Waals surface area contributed by atoms with Gasteiger partial charge in [0.25, 0.3) is 5.91 Å². The fourth-order valence-electron chi connectivity index (χ4n) is 2.43. The van der Waals surface area contributed by atoms with Gasteiger partial charge in [0.1, 0.15) is 5.75 Å². The van der Waals surface area contributed by atoms with Crippen molar-refractivity contribution in [1.82, 2.24) is 5.32 Å². The van der Waals surface area contributed by atoms with E-state index < -0.39 is 11.9 Å². The molecule has 9 heteroatoms. The van der Waals surface area contributed by atoms with E-state index in [2.05, 4.69) is 19.8 Å². The third-order valence-corrected chi connectivity index (χ3v) is 4.82. The van der Waals surface area contributed by atoms with E-state index in [0.29, 0.717) is 27.1 Å². The number of carbonyl (C=O) groups excluding carboxylic acids is 3. The molecule has 1 amide bonds. The average molecular weight is 426 g/mol. The molecule has 2 aromatic carbocycles. The fourth-order valence-corrected chi connectivity index (χ4v) is 3.28. The first-order valence-corrected chi connectivity index (χ1v) is 9.58. The Morgan fingerprint density at radius 1 is 1.10 bits per heavy atom. The van der Waals surface area contributed by atoms with Crippen LogP contribution in [0.4, 0.5) is 5.69 Å². The second kappa shape index (κ2) is 9.75. The largest absolute Gasteiger partial charge is 0.482 e. The van der Waals surface area contributed by atoms with Gasteiger partial charge in [0.2, 0.25) is 0 Å². The second-order valence-corrected chi connectivity index (χ2v) is 6.99. The molecule has 0 aliphatic carbocycles. The summed E-state index contributed by atoms with van der Waals surface area (Å²) >= 11 is 1.20. The first-order chi connectivity index (χ1) is 14.5. The lowest BCUT2D eigenvalue weighted by Crippen LogP contribution is -2.19. The highest BCUT2D eigenvalue weighted by Crippen LogP contribution is 2.29. The van der Waals surface area contributed by atoms with Crippen molar-refractivity contribution < 1.29 is 28.6 Å². The van der Waals surface area contributed by atoms with Crippen LogP contribution in [-0.2, 0) is 19.1 Å². The van der Waals surface area contributed by atoms with Crippen molar-refractivity contribution in [3.05, 3.63) is 64.6 Å². The Bertz CT molecular complexity index is 1030. The highest BCUT2D eigenvalue weighted by Gasteiger charge is 2.23. The van der Waals surface area contributed by atoms with Crippen molar-refractivity contribution in [2.45, 2.75) is 0 Å². The first kappa shape index (κ1) is 21.1. The molecule has 0 unspecified atom stereocenters. The Hall–Kier alpha value is -3.59. The maximum Gasteiger partial charge on any atom is 0.343 e. The highest BCUT2D eigenvalue weighted by molar-refractivity contribution is 8.18. The number of benzene rings is 2. The molecule has 30 heavy (non-hydrogen) atoms. The molecule has 1 N–H and O–H groups in total. The van der Waals surface area contributed by atoms with Crippen LogP contribution in [0.15, 0.2) is 58.4 Å². The summed E-state index contributed by atoms with van der Waals surface area (Å²) < 4.78 is 14.6. The third-order valence-electron chi connectivity index (χ3n) is 3.91. The Morgan fingerprint density at radius 2 is 1.87 bits per heavy atom. The lowest BCUT2D eigenvalue weighted by atomic mass is 10.2. The maximum absolute atomic E-state index is 12.3. The monoisotopic (exact) mass is 426 g/mol. The van der Waals surface area contributed by atoms with E-state index in [0.717, 1.165) is 5.56 Å². The third kappa shape index (κ3) is 5.48. The molecule has 0 radical (unpaired) electrons. The number of nitrogens with zero attached hydrogens (tertiary/aromatic N) is 1. The van der Waals surface area contributed by atoms with Gasteiger partial charge in [-0.25, -0.2) is 14.6 Å². The van der Waals surface area contributed by atoms with Crippen LogP contribution in [0.2, 0.25) is 0 Å². The molecule has 3 rings (SSSR count). The second-order valence-electron chi connectivity index (χ2n) is 5.96. The van der Waals surface area contributed by atoms with E-state index in [1.54, 1.807) is 48.5 Å². The number of hydrogen-bond acceptors (Lipinski definition) is 8. The zero-order chi connectivity index (χ0) is 21.5. The average Bonchev–Trinajstić information content (AvgIpc) is 3.10. The van der Waals surface area contributed by atoms with E-state index in [4.69, 9.17) is 4.74 Å². The lowest BCUT2D eigenvalue weighted by Gasteiger charge is -2.05. The van der Waals surface area contributed by atoms with E-state index in [-0.39, 0.29) is 12.5 Å². The standard InChI is InChI=1S/C21H18N2O6S/c1-27-18(24)12-29-16-5-3-4-13(10-16)11-17-19(25)23-21(30-17)22-15-8-6-14(7-9-15)20(26)28-2/h3-11H,12H2,1-2H3,(H,22,23,25). The van der Waals surface area contributed by atoms with Crippen LogP contribution >= 0.6 is 11.8 Å². The molecule has 0 bridgehead atoms. The van der Waals surface area contributed by atoms with Crippen molar-refractivity contribution in [2.75, 3.05) is 20.8 Å². The van der Waals surface area contributed by atoms with Crippen LogP contribution in [0.3, 0.4) is 0 Å². The van der Waals surface area contributed by atoms with Gasteiger partial charge in [0.05, 0.1) is 30.4 Å². The van der Waals surface area contributed by atoms with E-state index >= 15 is 0 Å². The molecule has 0 saturated carbocycles. The molecule has 1 aliphatic rings. The van der Waals surface area contributed by atoms with Crippen molar-refractivity contribution in [3.63, 3.8) is 0 Å². The van der Waals surface area contributed by atoms with Gasteiger partial charge in [0, 0.05) is 0 Å². The summed E-state index contributed by atoms with van der Waals surface area (Å²) in [5.41, 5.74) is 1.74. The number of aliphatic imine (C=N–C) groups is 1. The zero-order valence-corrected chi connectivity index (χ0v) is 17.0. The number of rotatable bonds is 6. The summed E-state index contributed by atoms with van der Waals surface area (Å²) in [5.74, 6) is -0.700. The predicted molar refractivity (Wildman–Crippen MR) is 113 cm³/mol. The van der Waals surface area contributed by atoms with E-state index in [1.807, 2.05) is 6.07 Å². The van der Waals surface area contributed by atoms with Gasteiger partial charge in [-0.3, -0.25) is 4.79 Å². The zero-order valence-electron chi connectivity index (χ0n) is 16.2. The minimum Gasteiger partial charge on any atom is -0.482 e. The molecule has 154 valence electrons. The van der Waals surface area contributed by atoms with E-state index in [1.165, 1.54) is 26.0 Å². The molecule has 1 saturated heterocycles. The van der Waals surface area contributed by atoms with Gasteiger partial charge in [-0.2, -0.15) is 0 Å². The number of esters is 2. The first-order valence-electron chi connectivity index (χ1n) is 8.76. The molecule has 1 heterocycles. The highest BCUT2D eigenvalue weighted by atomic mass is 32.2. The van der Waals surface area contributed by atoms with Crippen LogP contribution in [-0.4, -0.2) is 43.8 Å². The van der Waals surface area contributed by atoms with Gasteiger partial charge in [-0.05, 0) is 59.8 Å². The van der Waals surface area contributed by atoms with Crippen molar-refractivity contribution in [1.29, 1.82) is 0 Å². The number of methoxy groups -OCH3 is 2. The Labute approximate surface area is 176 Å². The maximum atomic E-state index is 12.3. The van der Waals surface area contributed by atoms with Gasteiger partial charge < -0.3 is 19.5 Å². The van der Waals surface area contributed by atoms with Gasteiger partial charge in [0.15, 0.2) is 11.8 Å². The number of ether oxygens (including phenoxy) is 3. The summed E-state index contributed by atoms with van der Waals surface area (Å²) in [7, 11) is 2.60. The Balaban J connectivity index is 1.71. The van der Waals surface area contributed by atoms with Crippen LogP contribution < -0.4 is 10.1 Å². The molecule has 0 spiro atoms. The summed E-state index contributed by atoms with van der Waals surface area (Å²) in [6.07, 6.45) is 1.70. The van der Waals surface area contributed by atoms with Crippen LogP contribution in [0.1, 0.15) is 15.9 Å². The molecule has 1 fully saturated rings. The fraction of sp³-hybridized carbons (Fsp3) is 0.143. The molecule has 0 atom stereocenters. The van der Waals surface area contributed by atoms with Crippen molar-refractivity contribution in [3.8, 4) is 5.75 Å². The van der Waals surface area contributed by atoms with Crippen LogP contribution in [0.5, 0.6) is 5.75 Å². The normalized spacial score (nSPS) is 15.7. The topological polar surface area (TPSA) is 103 Å². The van der Waals surface area contributed by atoms with Crippen LogP contribution in [0.25, 0.3) is 6.08 Å². The molecule has 1 aliphatic heterocycles.